The molecule has 0 unspecified atom stereocenters. The summed E-state index contributed by atoms with van der Waals surface area (Å²) in [7, 11) is 0. The van der Waals surface area contributed by atoms with Crippen LogP contribution in [0.15, 0.2) is 29.6 Å². The molecule has 200 valence electrons. The summed E-state index contributed by atoms with van der Waals surface area (Å²) < 4.78 is 19.7. The molecule has 2 aliphatic heterocycles. The lowest BCUT2D eigenvalue weighted by Gasteiger charge is -2.27. The molecule has 5 nitrogen and oxygen atoms in total. The molecule has 2 aromatic carbocycles. The van der Waals surface area contributed by atoms with Crippen LogP contribution in [-0.2, 0) is 35.3 Å². The molecule has 0 saturated carbocycles. The number of carbonyl (C=O) groups excluding carboxylic acids is 1. The van der Waals surface area contributed by atoms with Gasteiger partial charge in [0.2, 0.25) is 0 Å². The lowest BCUT2D eigenvalue weighted by Crippen LogP contribution is -2.34. The van der Waals surface area contributed by atoms with E-state index in [-0.39, 0.29) is 18.2 Å². The smallest absolute Gasteiger partial charge is 0.307 e. The second kappa shape index (κ2) is 10.6. The largest absolute Gasteiger partial charge is 0.492 e. The number of carboxylic acid groups (broad SMARTS) is 1. The summed E-state index contributed by atoms with van der Waals surface area (Å²) in [6.07, 6.45) is 7.00. The molecule has 1 N–H and O–H groups in total. The quantitative estimate of drug-likeness (QED) is 0.491. The Kier molecular flexibility index (Phi) is 7.36. The van der Waals surface area contributed by atoms with Gasteiger partial charge in [0.25, 0.3) is 5.91 Å². The van der Waals surface area contributed by atoms with Crippen molar-refractivity contribution in [3.63, 3.8) is 0 Å². The summed E-state index contributed by atoms with van der Waals surface area (Å²) in [4.78, 5) is 27.1. The Bertz CT molecular complexity index is 1410. The summed E-state index contributed by atoms with van der Waals surface area (Å²) in [6.45, 7) is 7.79. The van der Waals surface area contributed by atoms with Gasteiger partial charge in [-0.3, -0.25) is 9.59 Å². The number of allylic oxidation sites excluding steroid dienone is 2. The fourth-order valence-electron chi connectivity index (χ4n) is 6.34. The zero-order valence-electron chi connectivity index (χ0n) is 22.2. The van der Waals surface area contributed by atoms with E-state index in [4.69, 9.17) is 16.3 Å². The number of benzene rings is 2. The molecular formula is C31H33ClFNO4. The third kappa shape index (κ3) is 4.75. The highest BCUT2D eigenvalue weighted by Gasteiger charge is 2.29. The number of hydrogen-bond acceptors (Lipinski definition) is 3. The molecule has 0 atom stereocenters. The molecule has 0 radical (unpaired) electrons. The van der Waals surface area contributed by atoms with Crippen molar-refractivity contribution in [1.29, 1.82) is 0 Å². The van der Waals surface area contributed by atoms with Crippen molar-refractivity contribution in [2.24, 2.45) is 0 Å². The van der Waals surface area contributed by atoms with E-state index >= 15 is 0 Å². The molecule has 3 aliphatic rings. The molecule has 0 spiro atoms. The molecule has 0 saturated heterocycles. The number of amides is 1. The van der Waals surface area contributed by atoms with E-state index in [1.54, 1.807) is 4.90 Å². The van der Waals surface area contributed by atoms with Gasteiger partial charge in [-0.05, 0) is 115 Å². The Hall–Kier alpha value is -3.12. The van der Waals surface area contributed by atoms with Gasteiger partial charge in [0, 0.05) is 25.1 Å². The third-order valence-corrected chi connectivity index (χ3v) is 8.57. The molecule has 5 rings (SSSR count). The van der Waals surface area contributed by atoms with Crippen molar-refractivity contribution in [2.75, 3.05) is 19.7 Å². The van der Waals surface area contributed by atoms with E-state index in [9.17, 15) is 19.1 Å². The van der Waals surface area contributed by atoms with Crippen LogP contribution in [0.5, 0.6) is 5.75 Å². The zero-order chi connectivity index (χ0) is 27.1. The van der Waals surface area contributed by atoms with Gasteiger partial charge in [0.1, 0.15) is 11.6 Å². The predicted octanol–water partition coefficient (Wildman–Crippen LogP) is 6.39. The maximum Gasteiger partial charge on any atom is 0.307 e. The summed E-state index contributed by atoms with van der Waals surface area (Å²) in [6, 6.07) is 1.92. The normalized spacial score (nSPS) is 17.0. The van der Waals surface area contributed by atoms with Gasteiger partial charge in [-0.1, -0.05) is 17.7 Å². The number of aliphatic carboxylic acids is 1. The first kappa shape index (κ1) is 26.5. The van der Waals surface area contributed by atoms with Gasteiger partial charge in [-0.2, -0.15) is 0 Å². The van der Waals surface area contributed by atoms with Crippen LogP contribution in [0.3, 0.4) is 0 Å². The SMILES string of the molecule is Cc1c(-c2c(C)c3c(c(C)c2CC(=O)O)CCN(C(=O)C2=CCCC(F)=C2)CC3)cc(Cl)c2c1CCCO2. The number of ether oxygens (including phenoxy) is 1. The Balaban J connectivity index is 1.60. The molecule has 1 aliphatic carbocycles. The van der Waals surface area contributed by atoms with E-state index < -0.39 is 5.97 Å². The van der Waals surface area contributed by atoms with E-state index in [0.717, 1.165) is 68.7 Å². The first-order valence-electron chi connectivity index (χ1n) is 13.3. The number of halogens is 2. The molecule has 1 amide bonds. The molecule has 0 bridgehead atoms. The minimum absolute atomic E-state index is 0.0977. The van der Waals surface area contributed by atoms with Crippen LogP contribution in [0.1, 0.15) is 58.2 Å². The lowest BCUT2D eigenvalue weighted by atomic mass is 9.80. The Labute approximate surface area is 227 Å². The summed E-state index contributed by atoms with van der Waals surface area (Å²) in [5.41, 5.74) is 9.52. The van der Waals surface area contributed by atoms with Crippen molar-refractivity contribution < 1.29 is 23.8 Å². The van der Waals surface area contributed by atoms with Gasteiger partial charge in [-0.25, -0.2) is 4.39 Å². The van der Waals surface area contributed by atoms with Crippen molar-refractivity contribution in [3.05, 3.63) is 73.6 Å². The summed E-state index contributed by atoms with van der Waals surface area (Å²) in [5.74, 6) is -0.554. The summed E-state index contributed by atoms with van der Waals surface area (Å²) >= 11 is 6.70. The van der Waals surface area contributed by atoms with E-state index in [0.29, 0.717) is 56.0 Å². The monoisotopic (exact) mass is 537 g/mol. The summed E-state index contributed by atoms with van der Waals surface area (Å²) in [5, 5.41) is 10.4. The van der Waals surface area contributed by atoms with Gasteiger partial charge >= 0.3 is 5.97 Å². The fourth-order valence-corrected chi connectivity index (χ4v) is 6.61. The second-order valence-electron chi connectivity index (χ2n) is 10.5. The van der Waals surface area contributed by atoms with Crippen molar-refractivity contribution in [2.45, 2.75) is 65.7 Å². The number of rotatable bonds is 4. The predicted molar refractivity (Wildman–Crippen MR) is 147 cm³/mol. The molecule has 0 aromatic heterocycles. The molecule has 0 fully saturated rings. The minimum atomic E-state index is -0.887. The Morgan fingerprint density at radius 3 is 2.42 bits per heavy atom. The van der Waals surface area contributed by atoms with Crippen LogP contribution in [0.25, 0.3) is 11.1 Å². The Morgan fingerprint density at radius 1 is 1.03 bits per heavy atom. The highest BCUT2D eigenvalue weighted by Crippen LogP contribution is 2.44. The van der Waals surface area contributed by atoms with Gasteiger partial charge < -0.3 is 14.7 Å². The van der Waals surface area contributed by atoms with Crippen molar-refractivity contribution in [1.82, 2.24) is 4.90 Å². The maximum absolute atomic E-state index is 13.9. The van der Waals surface area contributed by atoms with Crippen LogP contribution in [-0.4, -0.2) is 41.6 Å². The third-order valence-electron chi connectivity index (χ3n) is 8.29. The second-order valence-corrected chi connectivity index (χ2v) is 10.9. The molecular weight excluding hydrogens is 505 g/mol. The van der Waals surface area contributed by atoms with Crippen molar-refractivity contribution >= 4 is 23.5 Å². The van der Waals surface area contributed by atoms with Crippen LogP contribution in [0.4, 0.5) is 4.39 Å². The first-order valence-corrected chi connectivity index (χ1v) is 13.7. The van der Waals surface area contributed by atoms with Crippen molar-refractivity contribution in [3.8, 4) is 16.9 Å². The topological polar surface area (TPSA) is 66.8 Å². The Morgan fingerprint density at radius 2 is 1.74 bits per heavy atom. The number of nitrogens with zero attached hydrogens (tertiary/aromatic N) is 1. The molecule has 2 heterocycles. The first-order chi connectivity index (χ1) is 18.2. The molecule has 2 aromatic rings. The molecule has 38 heavy (non-hydrogen) atoms. The van der Waals surface area contributed by atoms with E-state index in [1.165, 1.54) is 6.08 Å². The minimum Gasteiger partial charge on any atom is -0.492 e. The number of carbonyl (C=O) groups is 2. The maximum atomic E-state index is 13.9. The van der Waals surface area contributed by atoms with Gasteiger partial charge in [0.15, 0.2) is 0 Å². The fraction of sp³-hybridized carbons (Fsp3) is 0.419. The van der Waals surface area contributed by atoms with E-state index in [1.807, 2.05) is 19.1 Å². The van der Waals surface area contributed by atoms with Crippen LogP contribution >= 0.6 is 11.6 Å². The molecule has 7 heteroatoms. The van der Waals surface area contributed by atoms with Crippen LogP contribution < -0.4 is 4.74 Å². The van der Waals surface area contributed by atoms with Gasteiger partial charge in [0.05, 0.1) is 18.1 Å². The van der Waals surface area contributed by atoms with Gasteiger partial charge in [-0.15, -0.1) is 0 Å². The number of hydrogen-bond donors (Lipinski definition) is 1. The number of carboxylic acids is 1. The van der Waals surface area contributed by atoms with Crippen LogP contribution in [0.2, 0.25) is 5.02 Å². The number of fused-ring (bicyclic) bond motifs is 2. The highest BCUT2D eigenvalue weighted by molar-refractivity contribution is 6.32. The van der Waals surface area contributed by atoms with E-state index in [2.05, 4.69) is 13.8 Å². The highest BCUT2D eigenvalue weighted by atomic mass is 35.5. The average Bonchev–Trinajstić information content (AvgIpc) is 3.13. The standard InChI is InChI=1S/C31H33ClFNO4/c1-17-22-9-11-34(31(37)20-6-4-7-21(33)14-20)12-10-23(22)19(3)29(26(17)16-28(35)36)25-15-27(32)30-24(18(25)2)8-5-13-38-30/h6,14-15H,4-5,7-13,16H2,1-3H3,(H,35,36). The van der Waals surface area contributed by atoms with Crippen LogP contribution in [0, 0.1) is 20.8 Å². The average molecular weight is 538 g/mol. The zero-order valence-corrected chi connectivity index (χ0v) is 22.9. The lowest BCUT2D eigenvalue weighted by molar-refractivity contribution is -0.136.